The van der Waals surface area contributed by atoms with Gasteiger partial charge in [0.1, 0.15) is 12.6 Å². The van der Waals surface area contributed by atoms with Crippen molar-refractivity contribution in [3.05, 3.63) is 95.1 Å². The molecule has 0 spiro atoms. The van der Waals surface area contributed by atoms with Crippen molar-refractivity contribution in [3.8, 4) is 0 Å². The van der Waals surface area contributed by atoms with Crippen molar-refractivity contribution >= 4 is 27.5 Å². The number of amides is 2. The van der Waals surface area contributed by atoms with Crippen molar-refractivity contribution in [2.75, 3.05) is 10.8 Å². The zero-order chi connectivity index (χ0) is 28.9. The van der Waals surface area contributed by atoms with E-state index in [1.165, 1.54) is 17.0 Å². The molecule has 3 aromatic rings. The van der Waals surface area contributed by atoms with Crippen molar-refractivity contribution in [1.82, 2.24) is 10.2 Å². The van der Waals surface area contributed by atoms with Crippen LogP contribution in [0.1, 0.15) is 54.9 Å². The van der Waals surface area contributed by atoms with E-state index in [-0.39, 0.29) is 23.4 Å². The van der Waals surface area contributed by atoms with Gasteiger partial charge in [-0.3, -0.25) is 13.9 Å². The van der Waals surface area contributed by atoms with Crippen LogP contribution in [0.4, 0.5) is 5.69 Å². The third-order valence-corrected chi connectivity index (χ3v) is 9.23. The molecule has 0 heterocycles. The fourth-order valence-electron chi connectivity index (χ4n) is 5.21. The van der Waals surface area contributed by atoms with Crippen LogP contribution in [0, 0.1) is 20.8 Å². The molecule has 2 amide bonds. The van der Waals surface area contributed by atoms with E-state index >= 15 is 0 Å². The number of nitrogens with zero attached hydrogens (tertiary/aromatic N) is 2. The first-order valence-electron chi connectivity index (χ1n) is 13.9. The highest BCUT2D eigenvalue weighted by atomic mass is 32.2. The first-order valence-corrected chi connectivity index (χ1v) is 15.3. The number of benzene rings is 3. The minimum absolute atomic E-state index is 0.0964. The number of hydrogen-bond acceptors (Lipinski definition) is 4. The maximum atomic E-state index is 14.1. The van der Waals surface area contributed by atoms with Gasteiger partial charge in [0.2, 0.25) is 11.8 Å². The number of nitrogens with one attached hydrogen (secondary N) is 1. The van der Waals surface area contributed by atoms with E-state index in [2.05, 4.69) is 5.32 Å². The van der Waals surface area contributed by atoms with Crippen molar-refractivity contribution in [2.24, 2.45) is 0 Å². The van der Waals surface area contributed by atoms with Crippen molar-refractivity contribution in [3.63, 3.8) is 0 Å². The maximum absolute atomic E-state index is 14.1. The predicted octanol–water partition coefficient (Wildman–Crippen LogP) is 5.28. The molecule has 40 heavy (non-hydrogen) atoms. The van der Waals surface area contributed by atoms with Gasteiger partial charge in [0.25, 0.3) is 10.0 Å². The minimum atomic E-state index is -4.07. The van der Waals surface area contributed by atoms with E-state index in [0.29, 0.717) is 5.69 Å². The van der Waals surface area contributed by atoms with Crippen LogP contribution in [0.3, 0.4) is 0 Å². The molecule has 0 bridgehead atoms. The summed E-state index contributed by atoms with van der Waals surface area (Å²) in [6.07, 6.45) is 4.02. The molecule has 7 nitrogen and oxygen atoms in total. The summed E-state index contributed by atoms with van der Waals surface area (Å²) in [5.74, 6) is -0.676. The number of aryl methyl sites for hydroxylation is 3. The fraction of sp³-hybridized carbons (Fsp3) is 0.375. The van der Waals surface area contributed by atoms with Gasteiger partial charge in [-0.2, -0.15) is 0 Å². The molecule has 8 heteroatoms. The molecule has 0 radical (unpaired) electrons. The number of anilines is 1. The smallest absolute Gasteiger partial charge is 0.264 e. The Morgan fingerprint density at radius 2 is 1.48 bits per heavy atom. The lowest BCUT2D eigenvalue weighted by Crippen LogP contribution is -2.52. The maximum Gasteiger partial charge on any atom is 0.264 e. The van der Waals surface area contributed by atoms with E-state index < -0.39 is 28.5 Å². The molecule has 4 rings (SSSR count). The predicted molar refractivity (Wildman–Crippen MR) is 158 cm³/mol. The zero-order valence-corrected chi connectivity index (χ0v) is 24.6. The molecule has 1 atom stereocenters. The lowest BCUT2D eigenvalue weighted by atomic mass is 10.1. The molecule has 1 N–H and O–H groups in total. The van der Waals surface area contributed by atoms with E-state index in [9.17, 15) is 18.0 Å². The lowest BCUT2D eigenvalue weighted by Gasteiger charge is -2.32. The standard InChI is InChI=1S/C32H39N3O4S/c1-23-14-16-27(17-15-23)21-34(26(4)32(37)33-28-10-8-9-11-28)31(36)22-35(29-19-24(2)18-25(3)20-29)40(38,39)30-12-6-5-7-13-30/h5-7,12-20,26,28H,8-11,21-22H2,1-4H3,(H,33,37). The number of carbonyl (C=O) groups excluding carboxylic acids is 2. The molecule has 1 unspecified atom stereocenters. The highest BCUT2D eigenvalue weighted by Gasteiger charge is 2.33. The summed E-state index contributed by atoms with van der Waals surface area (Å²) in [4.78, 5) is 29.0. The lowest BCUT2D eigenvalue weighted by molar-refractivity contribution is -0.139. The average Bonchev–Trinajstić information content (AvgIpc) is 3.43. The SMILES string of the molecule is Cc1ccc(CN(C(=O)CN(c2cc(C)cc(C)c2)S(=O)(=O)c2ccccc2)C(C)C(=O)NC2CCCC2)cc1. The molecule has 1 aliphatic carbocycles. The Labute approximate surface area is 238 Å². The van der Waals surface area contributed by atoms with Crippen LogP contribution in [-0.2, 0) is 26.2 Å². The number of rotatable bonds is 10. The van der Waals surface area contributed by atoms with Gasteiger partial charge >= 0.3 is 0 Å². The number of carbonyl (C=O) groups is 2. The van der Waals surface area contributed by atoms with Crippen molar-refractivity contribution in [1.29, 1.82) is 0 Å². The summed E-state index contributed by atoms with van der Waals surface area (Å²) in [6, 6.07) is 20.7. The summed E-state index contributed by atoms with van der Waals surface area (Å²) in [5.41, 5.74) is 4.13. The van der Waals surface area contributed by atoms with Crippen LogP contribution in [0.15, 0.2) is 77.7 Å². The second-order valence-electron chi connectivity index (χ2n) is 10.8. The Balaban J connectivity index is 1.69. The number of sulfonamides is 1. The quantitative estimate of drug-likeness (QED) is 0.365. The Hall–Kier alpha value is -3.65. The second-order valence-corrected chi connectivity index (χ2v) is 12.7. The van der Waals surface area contributed by atoms with E-state index in [0.717, 1.165) is 52.2 Å². The molecule has 3 aromatic carbocycles. The summed E-state index contributed by atoms with van der Waals surface area (Å²) in [5, 5.41) is 3.10. The molecular weight excluding hydrogens is 522 g/mol. The van der Waals surface area contributed by atoms with E-state index in [1.807, 2.05) is 51.1 Å². The van der Waals surface area contributed by atoms with E-state index in [1.54, 1.807) is 37.3 Å². The van der Waals surface area contributed by atoms with Crippen LogP contribution in [-0.4, -0.2) is 43.8 Å². The molecular formula is C32H39N3O4S. The van der Waals surface area contributed by atoms with Gasteiger partial charge in [-0.05, 0) is 81.5 Å². The monoisotopic (exact) mass is 561 g/mol. The Morgan fingerprint density at radius 1 is 0.875 bits per heavy atom. The minimum Gasteiger partial charge on any atom is -0.352 e. The molecule has 0 aliphatic heterocycles. The fourth-order valence-corrected chi connectivity index (χ4v) is 6.63. The molecule has 1 fully saturated rings. The second kappa shape index (κ2) is 12.7. The topological polar surface area (TPSA) is 86.8 Å². The first kappa shape index (κ1) is 29.3. The Bertz CT molecular complexity index is 1410. The zero-order valence-electron chi connectivity index (χ0n) is 23.8. The molecule has 1 saturated carbocycles. The molecule has 0 aromatic heterocycles. The van der Waals surface area contributed by atoms with E-state index in [4.69, 9.17) is 0 Å². The highest BCUT2D eigenvalue weighted by molar-refractivity contribution is 7.92. The molecule has 0 saturated heterocycles. The van der Waals surface area contributed by atoms with Gasteiger partial charge in [0.05, 0.1) is 10.6 Å². The van der Waals surface area contributed by atoms with Crippen LogP contribution >= 0.6 is 0 Å². The van der Waals surface area contributed by atoms with Gasteiger partial charge in [-0.15, -0.1) is 0 Å². The van der Waals surface area contributed by atoms with Gasteiger partial charge < -0.3 is 10.2 Å². The normalized spacial score (nSPS) is 14.5. The Morgan fingerprint density at radius 3 is 2.08 bits per heavy atom. The van der Waals surface area contributed by atoms with Crippen molar-refractivity contribution in [2.45, 2.75) is 76.9 Å². The third-order valence-electron chi connectivity index (χ3n) is 7.45. The number of hydrogen-bond donors (Lipinski definition) is 1. The summed E-state index contributed by atoms with van der Waals surface area (Å²) >= 11 is 0. The average molecular weight is 562 g/mol. The van der Waals surface area contributed by atoms with Crippen LogP contribution in [0.2, 0.25) is 0 Å². The first-order chi connectivity index (χ1) is 19.0. The van der Waals surface area contributed by atoms with Crippen molar-refractivity contribution < 1.29 is 18.0 Å². The summed E-state index contributed by atoms with van der Waals surface area (Å²) in [6.45, 7) is 7.23. The van der Waals surface area contributed by atoms with Gasteiger partial charge in [0, 0.05) is 12.6 Å². The molecule has 1 aliphatic rings. The van der Waals surface area contributed by atoms with Crippen LogP contribution < -0.4 is 9.62 Å². The highest BCUT2D eigenvalue weighted by Crippen LogP contribution is 2.27. The Kier molecular flexibility index (Phi) is 9.30. The van der Waals surface area contributed by atoms with Crippen LogP contribution in [0.25, 0.3) is 0 Å². The largest absolute Gasteiger partial charge is 0.352 e. The van der Waals surface area contributed by atoms with Gasteiger partial charge in [0.15, 0.2) is 0 Å². The summed E-state index contributed by atoms with van der Waals surface area (Å²) < 4.78 is 29.0. The third kappa shape index (κ3) is 7.10. The van der Waals surface area contributed by atoms with Gasteiger partial charge in [-0.25, -0.2) is 8.42 Å². The molecule has 212 valence electrons. The summed E-state index contributed by atoms with van der Waals surface area (Å²) in [7, 11) is -4.07. The van der Waals surface area contributed by atoms with Crippen LogP contribution in [0.5, 0.6) is 0 Å². The van der Waals surface area contributed by atoms with Gasteiger partial charge in [-0.1, -0.05) is 66.9 Å².